The summed E-state index contributed by atoms with van der Waals surface area (Å²) >= 11 is 1.25. The monoisotopic (exact) mass is 285 g/mol. The third-order valence-electron chi connectivity index (χ3n) is 3.21. The second-order valence-corrected chi connectivity index (χ2v) is 6.48. The number of aliphatic carboxylic acids is 1. The summed E-state index contributed by atoms with van der Waals surface area (Å²) < 4.78 is 9.60. The number of carbonyl (C=O) groups is 1. The fraction of sp³-hybridized carbons (Fsp3) is 0.750. The number of rotatable bonds is 3. The number of carboxylic acid groups (broad SMARTS) is 1. The van der Waals surface area contributed by atoms with Gasteiger partial charge in [0, 0.05) is 37.0 Å². The number of aromatic nitrogens is 2. The van der Waals surface area contributed by atoms with Crippen molar-refractivity contribution in [2.24, 2.45) is 0 Å². The molecule has 0 aromatic carbocycles. The minimum Gasteiger partial charge on any atom is -0.480 e. The van der Waals surface area contributed by atoms with E-state index in [-0.39, 0.29) is 11.5 Å². The first-order chi connectivity index (χ1) is 8.82. The third-order valence-corrected chi connectivity index (χ3v) is 3.97. The highest BCUT2D eigenvalue weighted by Gasteiger charge is 2.39. The first-order valence-corrected chi connectivity index (χ1v) is 6.96. The molecule has 0 spiro atoms. The van der Waals surface area contributed by atoms with E-state index >= 15 is 0 Å². The van der Waals surface area contributed by atoms with Gasteiger partial charge < -0.3 is 14.7 Å². The van der Waals surface area contributed by atoms with Crippen LogP contribution in [0.15, 0.2) is 0 Å². The van der Waals surface area contributed by atoms with Crippen molar-refractivity contribution in [2.75, 3.05) is 18.6 Å². The molecule has 106 valence electrons. The maximum atomic E-state index is 11.3. The van der Waals surface area contributed by atoms with Crippen molar-refractivity contribution in [1.82, 2.24) is 9.36 Å². The number of anilines is 1. The number of hydrogen-bond donors (Lipinski definition) is 1. The Morgan fingerprint density at radius 1 is 1.53 bits per heavy atom. The molecule has 0 bridgehead atoms. The fourth-order valence-corrected chi connectivity index (χ4v) is 2.97. The third kappa shape index (κ3) is 2.87. The molecular formula is C12H19N3O3S. The SMILES string of the molecule is COC1CC(C(=O)O)N(c2nc(C(C)(C)C)ns2)C1. The van der Waals surface area contributed by atoms with Crippen molar-refractivity contribution in [3.63, 3.8) is 0 Å². The Hall–Kier alpha value is -1.21. The molecule has 1 aromatic heterocycles. The van der Waals surface area contributed by atoms with E-state index in [1.54, 1.807) is 12.0 Å². The summed E-state index contributed by atoms with van der Waals surface area (Å²) in [7, 11) is 1.60. The van der Waals surface area contributed by atoms with E-state index in [4.69, 9.17) is 4.74 Å². The van der Waals surface area contributed by atoms with Crippen molar-refractivity contribution in [2.45, 2.75) is 44.8 Å². The topological polar surface area (TPSA) is 75.6 Å². The standard InChI is InChI=1S/C12H19N3O3S/c1-12(2,3)10-13-11(19-14-10)15-6-7(18-4)5-8(15)9(16)17/h7-8H,5-6H2,1-4H3,(H,16,17). The van der Waals surface area contributed by atoms with Crippen molar-refractivity contribution in [3.8, 4) is 0 Å². The minimum atomic E-state index is -0.841. The lowest BCUT2D eigenvalue weighted by Gasteiger charge is -2.19. The van der Waals surface area contributed by atoms with E-state index in [0.29, 0.717) is 18.1 Å². The lowest BCUT2D eigenvalue weighted by atomic mass is 9.96. The highest BCUT2D eigenvalue weighted by molar-refractivity contribution is 7.09. The van der Waals surface area contributed by atoms with Crippen LogP contribution in [-0.2, 0) is 14.9 Å². The summed E-state index contributed by atoms with van der Waals surface area (Å²) in [6.45, 7) is 6.66. The van der Waals surface area contributed by atoms with Crippen LogP contribution in [0.25, 0.3) is 0 Å². The molecule has 1 aliphatic rings. The zero-order valence-corrected chi connectivity index (χ0v) is 12.4. The Morgan fingerprint density at radius 3 is 2.68 bits per heavy atom. The average molecular weight is 285 g/mol. The summed E-state index contributed by atoms with van der Waals surface area (Å²) in [6, 6.07) is -0.578. The van der Waals surface area contributed by atoms with E-state index in [1.165, 1.54) is 11.5 Å². The molecule has 1 N–H and O–H groups in total. The molecule has 6 nitrogen and oxygen atoms in total. The second kappa shape index (κ2) is 5.05. The van der Waals surface area contributed by atoms with Gasteiger partial charge in [-0.05, 0) is 0 Å². The molecule has 1 saturated heterocycles. The molecule has 0 aliphatic carbocycles. The highest BCUT2D eigenvalue weighted by Crippen LogP contribution is 2.31. The van der Waals surface area contributed by atoms with Gasteiger partial charge in [0.25, 0.3) is 0 Å². The molecule has 1 aromatic rings. The van der Waals surface area contributed by atoms with Crippen molar-refractivity contribution < 1.29 is 14.6 Å². The smallest absolute Gasteiger partial charge is 0.326 e. The van der Waals surface area contributed by atoms with Gasteiger partial charge >= 0.3 is 5.97 Å². The van der Waals surface area contributed by atoms with Gasteiger partial charge in [0.2, 0.25) is 5.13 Å². The summed E-state index contributed by atoms with van der Waals surface area (Å²) in [5.74, 6) is -0.0930. The molecular weight excluding hydrogens is 266 g/mol. The lowest BCUT2D eigenvalue weighted by Crippen LogP contribution is -2.36. The molecule has 19 heavy (non-hydrogen) atoms. The number of ether oxygens (including phenoxy) is 1. The normalized spacial score (nSPS) is 23.9. The van der Waals surface area contributed by atoms with Gasteiger partial charge in [-0.1, -0.05) is 20.8 Å². The van der Waals surface area contributed by atoms with E-state index in [0.717, 1.165) is 5.82 Å². The Labute approximate surface area is 116 Å². The summed E-state index contributed by atoms with van der Waals surface area (Å²) in [4.78, 5) is 17.6. The number of methoxy groups -OCH3 is 1. The van der Waals surface area contributed by atoms with Crippen LogP contribution < -0.4 is 4.90 Å². The van der Waals surface area contributed by atoms with Crippen LogP contribution in [0.1, 0.15) is 33.0 Å². The number of hydrogen-bond acceptors (Lipinski definition) is 6. The molecule has 2 atom stereocenters. The van der Waals surface area contributed by atoms with Gasteiger partial charge in [-0.25, -0.2) is 9.78 Å². The Balaban J connectivity index is 2.24. The highest BCUT2D eigenvalue weighted by atomic mass is 32.1. The summed E-state index contributed by atoms with van der Waals surface area (Å²) in [6.07, 6.45) is 0.416. The predicted octanol–water partition coefficient (Wildman–Crippen LogP) is 1.51. The van der Waals surface area contributed by atoms with E-state index in [9.17, 15) is 9.90 Å². The maximum Gasteiger partial charge on any atom is 0.326 e. The van der Waals surface area contributed by atoms with Gasteiger partial charge in [-0.15, -0.1) is 0 Å². The van der Waals surface area contributed by atoms with Crippen LogP contribution in [0.4, 0.5) is 5.13 Å². The van der Waals surface area contributed by atoms with Crippen molar-refractivity contribution in [3.05, 3.63) is 5.82 Å². The zero-order chi connectivity index (χ0) is 14.2. The van der Waals surface area contributed by atoms with E-state index in [1.807, 2.05) is 20.8 Å². The molecule has 1 fully saturated rings. The number of carboxylic acids is 1. The molecule has 7 heteroatoms. The Bertz CT molecular complexity index is 469. The Morgan fingerprint density at radius 2 is 2.21 bits per heavy atom. The predicted molar refractivity (Wildman–Crippen MR) is 72.8 cm³/mol. The summed E-state index contributed by atoms with van der Waals surface area (Å²) in [5.41, 5.74) is -0.131. The van der Waals surface area contributed by atoms with Gasteiger partial charge in [0.1, 0.15) is 11.9 Å². The fourth-order valence-electron chi connectivity index (χ4n) is 2.05. The maximum absolute atomic E-state index is 11.3. The molecule has 2 rings (SSSR count). The van der Waals surface area contributed by atoms with Crippen LogP contribution in [0.5, 0.6) is 0 Å². The molecule has 2 unspecified atom stereocenters. The molecule has 2 heterocycles. The van der Waals surface area contributed by atoms with E-state index < -0.39 is 12.0 Å². The number of nitrogens with zero attached hydrogens (tertiary/aromatic N) is 3. The molecule has 0 radical (unpaired) electrons. The average Bonchev–Trinajstić information content (AvgIpc) is 2.94. The molecule has 1 aliphatic heterocycles. The minimum absolute atomic E-state index is 0.0666. The van der Waals surface area contributed by atoms with Crippen LogP contribution in [0, 0.1) is 0 Å². The molecule has 0 amide bonds. The zero-order valence-electron chi connectivity index (χ0n) is 11.6. The van der Waals surface area contributed by atoms with Crippen LogP contribution in [0.3, 0.4) is 0 Å². The van der Waals surface area contributed by atoms with Gasteiger partial charge in [0.15, 0.2) is 0 Å². The lowest BCUT2D eigenvalue weighted by molar-refractivity contribution is -0.138. The Kier molecular flexibility index (Phi) is 3.78. The summed E-state index contributed by atoms with van der Waals surface area (Å²) in [5, 5.41) is 9.95. The van der Waals surface area contributed by atoms with Crippen LogP contribution >= 0.6 is 11.5 Å². The quantitative estimate of drug-likeness (QED) is 0.907. The van der Waals surface area contributed by atoms with E-state index in [2.05, 4.69) is 9.36 Å². The van der Waals surface area contributed by atoms with Crippen molar-refractivity contribution >= 4 is 22.6 Å². The first-order valence-electron chi connectivity index (χ1n) is 6.19. The largest absolute Gasteiger partial charge is 0.480 e. The first kappa shape index (κ1) is 14.2. The van der Waals surface area contributed by atoms with Gasteiger partial charge in [-0.2, -0.15) is 4.37 Å². The van der Waals surface area contributed by atoms with Crippen molar-refractivity contribution in [1.29, 1.82) is 0 Å². The van der Waals surface area contributed by atoms with Gasteiger partial charge in [0.05, 0.1) is 6.10 Å². The second-order valence-electron chi connectivity index (χ2n) is 5.75. The van der Waals surface area contributed by atoms with Crippen LogP contribution in [0.2, 0.25) is 0 Å². The van der Waals surface area contributed by atoms with Crippen LogP contribution in [-0.4, -0.2) is 46.2 Å². The van der Waals surface area contributed by atoms with Gasteiger partial charge in [-0.3, -0.25) is 0 Å². The molecule has 0 saturated carbocycles.